The van der Waals surface area contributed by atoms with Crippen LogP contribution < -0.4 is 5.32 Å². The Morgan fingerprint density at radius 3 is 2.38 bits per heavy atom. The highest BCUT2D eigenvalue weighted by Crippen LogP contribution is 2.45. The Morgan fingerprint density at radius 2 is 1.92 bits per heavy atom. The third-order valence-electron chi connectivity index (χ3n) is 3.57. The number of nitrogens with one attached hydrogen (secondary N) is 1. The van der Waals surface area contributed by atoms with Gasteiger partial charge in [0.2, 0.25) is 0 Å². The van der Waals surface area contributed by atoms with Crippen molar-refractivity contribution in [1.29, 1.82) is 0 Å². The summed E-state index contributed by atoms with van der Waals surface area (Å²) >= 11 is 0. The van der Waals surface area contributed by atoms with Crippen LogP contribution in [0.2, 0.25) is 0 Å². The molecule has 2 saturated heterocycles. The molecule has 1 spiro atoms. The molecule has 2 aliphatic heterocycles. The van der Waals surface area contributed by atoms with Crippen LogP contribution in [0.4, 0.5) is 0 Å². The number of hydrogen-bond donors (Lipinski definition) is 2. The van der Waals surface area contributed by atoms with Crippen molar-refractivity contribution in [2.45, 2.75) is 38.4 Å². The minimum atomic E-state index is -0.350. The van der Waals surface area contributed by atoms with Gasteiger partial charge in [-0.2, -0.15) is 0 Å². The average molecular weight is 185 g/mol. The molecule has 0 aromatic heterocycles. The van der Waals surface area contributed by atoms with Crippen LogP contribution in [0.1, 0.15) is 26.7 Å². The molecule has 3 heteroatoms. The van der Waals surface area contributed by atoms with Gasteiger partial charge in [-0.05, 0) is 39.8 Å². The first-order valence-corrected chi connectivity index (χ1v) is 5.10. The second-order valence-corrected chi connectivity index (χ2v) is 4.91. The number of rotatable bonds is 0. The first kappa shape index (κ1) is 9.44. The van der Waals surface area contributed by atoms with E-state index in [-0.39, 0.29) is 17.1 Å². The zero-order valence-corrected chi connectivity index (χ0v) is 8.47. The fourth-order valence-corrected chi connectivity index (χ4v) is 2.57. The van der Waals surface area contributed by atoms with Crippen molar-refractivity contribution in [3.05, 3.63) is 0 Å². The quantitative estimate of drug-likeness (QED) is 0.578. The Bertz CT molecular complexity index is 197. The van der Waals surface area contributed by atoms with Gasteiger partial charge in [-0.25, -0.2) is 0 Å². The van der Waals surface area contributed by atoms with Crippen molar-refractivity contribution in [1.82, 2.24) is 5.32 Å². The molecule has 0 amide bonds. The lowest BCUT2D eigenvalue weighted by molar-refractivity contribution is -0.0410. The normalized spacial score (nSPS) is 36.7. The van der Waals surface area contributed by atoms with Crippen LogP contribution >= 0.6 is 0 Å². The lowest BCUT2D eigenvalue weighted by atomic mass is 9.72. The van der Waals surface area contributed by atoms with E-state index in [1.54, 1.807) is 0 Å². The van der Waals surface area contributed by atoms with E-state index in [0.717, 1.165) is 32.5 Å². The van der Waals surface area contributed by atoms with E-state index >= 15 is 0 Å². The standard InChI is InChI=1S/C10H19NO2/c1-9(2)8(12)10(7-13-9)3-5-11-6-4-10/h8,11-12H,3-7H2,1-2H3/t8-/m0/s1. The van der Waals surface area contributed by atoms with Crippen molar-refractivity contribution >= 4 is 0 Å². The molecule has 2 fully saturated rings. The fraction of sp³-hybridized carbons (Fsp3) is 1.00. The summed E-state index contributed by atoms with van der Waals surface area (Å²) in [6.07, 6.45) is 1.77. The summed E-state index contributed by atoms with van der Waals surface area (Å²) in [6.45, 7) is 6.71. The molecule has 13 heavy (non-hydrogen) atoms. The highest BCUT2D eigenvalue weighted by molar-refractivity contribution is 5.02. The summed E-state index contributed by atoms with van der Waals surface area (Å²) < 4.78 is 5.67. The minimum absolute atomic E-state index is 0.0365. The maximum absolute atomic E-state index is 10.2. The van der Waals surface area contributed by atoms with Crippen LogP contribution in [0, 0.1) is 5.41 Å². The molecule has 1 atom stereocenters. The average Bonchev–Trinajstić information content (AvgIpc) is 2.33. The van der Waals surface area contributed by atoms with Gasteiger partial charge in [0.15, 0.2) is 0 Å². The Labute approximate surface area is 79.5 Å². The maximum Gasteiger partial charge on any atom is 0.0903 e. The second-order valence-electron chi connectivity index (χ2n) is 4.91. The molecule has 0 aromatic carbocycles. The summed E-state index contributed by atoms with van der Waals surface area (Å²) in [5, 5.41) is 13.5. The second kappa shape index (κ2) is 2.94. The van der Waals surface area contributed by atoms with E-state index in [1.165, 1.54) is 0 Å². The van der Waals surface area contributed by atoms with Crippen LogP contribution in [-0.2, 0) is 4.74 Å². The Kier molecular flexibility index (Phi) is 2.13. The van der Waals surface area contributed by atoms with Gasteiger partial charge in [0, 0.05) is 5.41 Å². The molecule has 0 unspecified atom stereocenters. The van der Waals surface area contributed by atoms with Gasteiger partial charge >= 0.3 is 0 Å². The Hall–Kier alpha value is -0.120. The van der Waals surface area contributed by atoms with Crippen molar-refractivity contribution in [3.63, 3.8) is 0 Å². The zero-order valence-electron chi connectivity index (χ0n) is 8.47. The number of aliphatic hydroxyl groups is 1. The van der Waals surface area contributed by atoms with Crippen molar-refractivity contribution in [3.8, 4) is 0 Å². The molecule has 76 valence electrons. The SMILES string of the molecule is CC1(C)OCC2(CCNCC2)[C@H]1O. The topological polar surface area (TPSA) is 41.5 Å². The van der Waals surface area contributed by atoms with Gasteiger partial charge in [0.1, 0.15) is 0 Å². The Balaban J connectivity index is 2.15. The third kappa shape index (κ3) is 1.39. The highest BCUT2D eigenvalue weighted by Gasteiger charge is 2.53. The Morgan fingerprint density at radius 1 is 1.31 bits per heavy atom. The van der Waals surface area contributed by atoms with Crippen molar-refractivity contribution in [2.24, 2.45) is 5.41 Å². The lowest BCUT2D eigenvalue weighted by Gasteiger charge is -2.37. The summed E-state index contributed by atoms with van der Waals surface area (Å²) in [6, 6.07) is 0. The molecule has 0 bridgehead atoms. The third-order valence-corrected chi connectivity index (χ3v) is 3.57. The van der Waals surface area contributed by atoms with Crippen LogP contribution in [0.5, 0.6) is 0 Å². The minimum Gasteiger partial charge on any atom is -0.389 e. The van der Waals surface area contributed by atoms with E-state index in [1.807, 2.05) is 13.8 Å². The molecule has 2 rings (SSSR count). The smallest absolute Gasteiger partial charge is 0.0903 e. The van der Waals surface area contributed by atoms with E-state index in [2.05, 4.69) is 5.32 Å². The van der Waals surface area contributed by atoms with E-state index in [9.17, 15) is 5.11 Å². The van der Waals surface area contributed by atoms with Gasteiger partial charge in [0.05, 0.1) is 18.3 Å². The first-order valence-electron chi connectivity index (χ1n) is 5.10. The van der Waals surface area contributed by atoms with Crippen molar-refractivity contribution in [2.75, 3.05) is 19.7 Å². The first-order chi connectivity index (χ1) is 6.07. The largest absolute Gasteiger partial charge is 0.389 e. The monoisotopic (exact) mass is 185 g/mol. The zero-order chi connectivity index (χ0) is 9.53. The maximum atomic E-state index is 10.2. The van der Waals surface area contributed by atoms with Crippen molar-refractivity contribution < 1.29 is 9.84 Å². The molecule has 2 N–H and O–H groups in total. The van der Waals surface area contributed by atoms with Gasteiger partial charge in [-0.3, -0.25) is 0 Å². The van der Waals surface area contributed by atoms with Crippen LogP contribution in [0.15, 0.2) is 0 Å². The molecular formula is C10H19NO2. The van der Waals surface area contributed by atoms with E-state index in [0.29, 0.717) is 0 Å². The van der Waals surface area contributed by atoms with Gasteiger partial charge < -0.3 is 15.2 Å². The molecule has 3 nitrogen and oxygen atoms in total. The van der Waals surface area contributed by atoms with E-state index < -0.39 is 0 Å². The highest BCUT2D eigenvalue weighted by atomic mass is 16.5. The molecule has 0 aromatic rings. The lowest BCUT2D eigenvalue weighted by Crippen LogP contribution is -2.47. The predicted molar refractivity (Wildman–Crippen MR) is 50.6 cm³/mol. The number of piperidine rings is 1. The summed E-state index contributed by atoms with van der Waals surface area (Å²) in [7, 11) is 0. The van der Waals surface area contributed by atoms with E-state index in [4.69, 9.17) is 4.74 Å². The molecule has 0 aliphatic carbocycles. The fourth-order valence-electron chi connectivity index (χ4n) is 2.57. The van der Waals surface area contributed by atoms with Crippen LogP contribution in [0.3, 0.4) is 0 Å². The summed E-state index contributed by atoms with van der Waals surface area (Å²) in [5.41, 5.74) is -0.313. The summed E-state index contributed by atoms with van der Waals surface area (Å²) in [4.78, 5) is 0. The predicted octanol–water partition coefficient (Wildman–Crippen LogP) is 0.526. The van der Waals surface area contributed by atoms with Gasteiger partial charge in [0.25, 0.3) is 0 Å². The molecule has 2 aliphatic rings. The number of hydrogen-bond acceptors (Lipinski definition) is 3. The number of ether oxygens (including phenoxy) is 1. The molecule has 0 saturated carbocycles. The van der Waals surface area contributed by atoms with Gasteiger partial charge in [-0.1, -0.05) is 0 Å². The number of aliphatic hydroxyl groups excluding tert-OH is 1. The van der Waals surface area contributed by atoms with Crippen LogP contribution in [-0.4, -0.2) is 36.5 Å². The molecule has 0 radical (unpaired) electrons. The molecular weight excluding hydrogens is 166 g/mol. The van der Waals surface area contributed by atoms with Gasteiger partial charge in [-0.15, -0.1) is 0 Å². The summed E-state index contributed by atoms with van der Waals surface area (Å²) in [5.74, 6) is 0. The molecule has 2 heterocycles. The van der Waals surface area contributed by atoms with Crippen LogP contribution in [0.25, 0.3) is 0 Å².